The molecular weight excluding hydrogens is 339 g/mol. The average molecular weight is 352 g/mol. The molecule has 1 aromatic carbocycles. The van der Waals surface area contributed by atoms with E-state index in [1.165, 1.54) is 24.3 Å². The fourth-order valence-corrected chi connectivity index (χ4v) is 2.60. The minimum atomic E-state index is -0.389. The predicted octanol–water partition coefficient (Wildman–Crippen LogP) is 1.43. The van der Waals surface area contributed by atoms with Crippen LogP contribution < -0.4 is 10.1 Å². The summed E-state index contributed by atoms with van der Waals surface area (Å²) in [6, 6.07) is 5.15. The number of nitrogens with zero attached hydrogens (tertiary/aromatic N) is 3. The number of aromatic nitrogens is 2. The van der Waals surface area contributed by atoms with E-state index in [2.05, 4.69) is 15.5 Å². The summed E-state index contributed by atoms with van der Waals surface area (Å²) in [4.78, 5) is 24.4. The zero-order valence-electron chi connectivity index (χ0n) is 12.4. The van der Waals surface area contributed by atoms with E-state index in [0.29, 0.717) is 18.8 Å². The molecule has 2 aromatic rings. The molecular formula is C14H13FN4O4S. The Morgan fingerprint density at radius 3 is 2.88 bits per heavy atom. The van der Waals surface area contributed by atoms with Crippen LogP contribution in [0.4, 0.5) is 9.18 Å². The fourth-order valence-electron chi connectivity index (χ4n) is 1.94. The molecule has 0 saturated carbocycles. The van der Waals surface area contributed by atoms with Crippen molar-refractivity contribution in [2.45, 2.75) is 11.8 Å². The van der Waals surface area contributed by atoms with Crippen molar-refractivity contribution in [2.24, 2.45) is 0 Å². The fraction of sp³-hybridized carbons (Fsp3) is 0.286. The van der Waals surface area contributed by atoms with E-state index >= 15 is 0 Å². The van der Waals surface area contributed by atoms with Gasteiger partial charge in [0.1, 0.15) is 11.6 Å². The Hall–Kier alpha value is -2.62. The zero-order valence-corrected chi connectivity index (χ0v) is 13.2. The summed E-state index contributed by atoms with van der Waals surface area (Å²) in [6.07, 6.45) is 0. The lowest BCUT2D eigenvalue weighted by atomic mass is 10.3. The maximum absolute atomic E-state index is 12.8. The van der Waals surface area contributed by atoms with Crippen molar-refractivity contribution >= 4 is 23.7 Å². The van der Waals surface area contributed by atoms with Crippen LogP contribution in [0.25, 0.3) is 0 Å². The lowest BCUT2D eigenvalue weighted by Gasteiger charge is -2.10. The van der Waals surface area contributed by atoms with Crippen molar-refractivity contribution in [2.75, 3.05) is 18.8 Å². The lowest BCUT2D eigenvalue weighted by Crippen LogP contribution is -2.35. The van der Waals surface area contributed by atoms with Gasteiger partial charge in [-0.1, -0.05) is 11.8 Å². The number of urea groups is 1. The minimum absolute atomic E-state index is 0.0217. The molecule has 0 bridgehead atoms. The molecule has 0 unspecified atom stereocenters. The molecule has 3 rings (SSSR count). The summed E-state index contributed by atoms with van der Waals surface area (Å²) < 4.78 is 23.5. The second kappa shape index (κ2) is 7.30. The summed E-state index contributed by atoms with van der Waals surface area (Å²) in [5.74, 6) is 0.0492. The van der Waals surface area contributed by atoms with Crippen molar-refractivity contribution in [1.29, 1.82) is 0 Å². The number of hydrogen-bond donors (Lipinski definition) is 1. The number of amides is 3. The van der Waals surface area contributed by atoms with Gasteiger partial charge in [0.15, 0.2) is 6.61 Å². The van der Waals surface area contributed by atoms with E-state index in [0.717, 1.165) is 16.7 Å². The molecule has 0 radical (unpaired) electrons. The first-order chi connectivity index (χ1) is 11.6. The van der Waals surface area contributed by atoms with Crippen LogP contribution in [0.3, 0.4) is 0 Å². The van der Waals surface area contributed by atoms with Crippen LogP contribution in [-0.4, -0.2) is 45.9 Å². The summed E-state index contributed by atoms with van der Waals surface area (Å²) in [5.41, 5.74) is 0. The van der Waals surface area contributed by atoms with Crippen LogP contribution in [0.1, 0.15) is 5.89 Å². The lowest BCUT2D eigenvalue weighted by molar-refractivity contribution is -0.124. The van der Waals surface area contributed by atoms with E-state index in [-0.39, 0.29) is 41.2 Å². The normalized spacial score (nSPS) is 13.9. The van der Waals surface area contributed by atoms with Gasteiger partial charge >= 0.3 is 6.03 Å². The highest BCUT2D eigenvalue weighted by Gasteiger charge is 2.26. The monoisotopic (exact) mass is 352 g/mol. The van der Waals surface area contributed by atoms with E-state index in [1.54, 1.807) is 0 Å². The highest BCUT2D eigenvalue weighted by molar-refractivity contribution is 7.99. The van der Waals surface area contributed by atoms with Crippen molar-refractivity contribution < 1.29 is 23.1 Å². The van der Waals surface area contributed by atoms with Gasteiger partial charge in [0, 0.05) is 13.1 Å². The second-order valence-corrected chi connectivity index (χ2v) is 5.70. The molecule has 1 aromatic heterocycles. The number of ether oxygens (including phenoxy) is 1. The molecule has 126 valence electrons. The summed E-state index contributed by atoms with van der Waals surface area (Å²) in [5, 5.41) is 10.4. The molecule has 3 amide bonds. The summed E-state index contributed by atoms with van der Waals surface area (Å²) in [7, 11) is 0. The van der Waals surface area contributed by atoms with E-state index in [4.69, 9.17) is 9.15 Å². The van der Waals surface area contributed by atoms with Crippen LogP contribution in [0.15, 0.2) is 33.9 Å². The van der Waals surface area contributed by atoms with Gasteiger partial charge in [-0.15, -0.1) is 10.2 Å². The molecule has 0 spiro atoms. The summed E-state index contributed by atoms with van der Waals surface area (Å²) in [6.45, 7) is 0.848. The SMILES string of the molecule is O=C(CSc1nnc(COc2ccc(F)cc2)o1)N1CCNC1=O. The van der Waals surface area contributed by atoms with Crippen molar-refractivity contribution in [3.63, 3.8) is 0 Å². The smallest absolute Gasteiger partial charge is 0.324 e. The van der Waals surface area contributed by atoms with Crippen molar-refractivity contribution in [1.82, 2.24) is 20.4 Å². The van der Waals surface area contributed by atoms with E-state index < -0.39 is 0 Å². The number of nitrogens with one attached hydrogen (secondary N) is 1. The van der Waals surface area contributed by atoms with Crippen molar-refractivity contribution in [3.05, 3.63) is 36.0 Å². The first-order valence-corrected chi connectivity index (χ1v) is 8.02. The third-order valence-electron chi connectivity index (χ3n) is 3.10. The van der Waals surface area contributed by atoms with Gasteiger partial charge < -0.3 is 14.5 Å². The number of thioether (sulfide) groups is 1. The van der Waals surface area contributed by atoms with Crippen LogP contribution in [-0.2, 0) is 11.4 Å². The topological polar surface area (TPSA) is 97.6 Å². The van der Waals surface area contributed by atoms with Gasteiger partial charge in [0.2, 0.25) is 5.91 Å². The maximum atomic E-state index is 12.8. The van der Waals surface area contributed by atoms with Crippen LogP contribution in [0, 0.1) is 5.82 Å². The van der Waals surface area contributed by atoms with Gasteiger partial charge in [0.25, 0.3) is 11.1 Å². The second-order valence-electron chi connectivity index (χ2n) is 4.77. The molecule has 1 aliphatic heterocycles. The Morgan fingerprint density at radius 1 is 1.38 bits per heavy atom. The Kier molecular flexibility index (Phi) is 4.94. The van der Waals surface area contributed by atoms with E-state index in [9.17, 15) is 14.0 Å². The Bertz CT molecular complexity index is 737. The van der Waals surface area contributed by atoms with E-state index in [1.807, 2.05) is 0 Å². The van der Waals surface area contributed by atoms with Gasteiger partial charge in [-0.05, 0) is 24.3 Å². The standard InChI is InChI=1S/C14H13FN4O4S/c15-9-1-3-10(4-2-9)22-7-11-17-18-14(23-11)24-8-12(20)19-6-5-16-13(19)21/h1-4H,5-8H2,(H,16,21). The molecule has 8 nitrogen and oxygen atoms in total. The largest absolute Gasteiger partial charge is 0.484 e. The van der Waals surface area contributed by atoms with Gasteiger partial charge in [0.05, 0.1) is 5.75 Å². The number of carbonyl (C=O) groups is 2. The van der Waals surface area contributed by atoms with Gasteiger partial charge in [-0.2, -0.15) is 0 Å². The highest BCUT2D eigenvalue weighted by Crippen LogP contribution is 2.18. The molecule has 1 fully saturated rings. The Balaban J connectivity index is 1.47. The molecule has 1 N–H and O–H groups in total. The number of imide groups is 1. The third kappa shape index (κ3) is 4.02. The zero-order chi connectivity index (χ0) is 16.9. The van der Waals surface area contributed by atoms with Crippen LogP contribution in [0.5, 0.6) is 5.75 Å². The van der Waals surface area contributed by atoms with Crippen LogP contribution >= 0.6 is 11.8 Å². The number of benzene rings is 1. The highest BCUT2D eigenvalue weighted by atomic mass is 32.2. The molecule has 1 saturated heterocycles. The van der Waals surface area contributed by atoms with Crippen LogP contribution in [0.2, 0.25) is 0 Å². The predicted molar refractivity (Wildman–Crippen MR) is 80.9 cm³/mol. The molecule has 0 atom stereocenters. The van der Waals surface area contributed by atoms with Crippen molar-refractivity contribution in [3.8, 4) is 5.75 Å². The number of rotatable bonds is 6. The maximum Gasteiger partial charge on any atom is 0.324 e. The summed E-state index contributed by atoms with van der Waals surface area (Å²) >= 11 is 1.05. The molecule has 10 heteroatoms. The van der Waals surface area contributed by atoms with Gasteiger partial charge in [-0.25, -0.2) is 9.18 Å². The molecule has 0 aliphatic carbocycles. The Morgan fingerprint density at radius 2 is 2.17 bits per heavy atom. The molecule has 24 heavy (non-hydrogen) atoms. The first-order valence-electron chi connectivity index (χ1n) is 7.03. The molecule has 1 aliphatic rings. The number of halogens is 1. The molecule has 2 heterocycles. The minimum Gasteiger partial charge on any atom is -0.484 e. The number of hydrogen-bond acceptors (Lipinski definition) is 7. The number of carbonyl (C=O) groups excluding carboxylic acids is 2. The third-order valence-corrected chi connectivity index (χ3v) is 3.90. The van der Waals surface area contributed by atoms with Gasteiger partial charge in [-0.3, -0.25) is 9.69 Å². The quantitative estimate of drug-likeness (QED) is 0.786. The average Bonchev–Trinajstić information content (AvgIpc) is 3.21. The Labute approximate surface area is 140 Å². The first kappa shape index (κ1) is 16.2.